The topological polar surface area (TPSA) is 82.6 Å². The van der Waals surface area contributed by atoms with E-state index < -0.39 is 15.8 Å². The smallest absolute Gasteiger partial charge is 0.240 e. The molecule has 0 aliphatic carbocycles. The van der Waals surface area contributed by atoms with Crippen molar-refractivity contribution in [1.82, 2.24) is 15.4 Å². The first-order valence-corrected chi connectivity index (χ1v) is 10.7. The Kier molecular flexibility index (Phi) is 11.1. The van der Waals surface area contributed by atoms with Gasteiger partial charge in [-0.1, -0.05) is 37.6 Å². The average molecular weight is 534 g/mol. The number of hydrogen-bond acceptors (Lipinski definition) is 3. The van der Waals surface area contributed by atoms with Crippen molar-refractivity contribution < 1.29 is 12.8 Å². The summed E-state index contributed by atoms with van der Waals surface area (Å²) in [6.45, 7) is 3.41. The van der Waals surface area contributed by atoms with E-state index in [1.54, 1.807) is 31.3 Å². The second kappa shape index (κ2) is 12.8. The Hall–Kier alpha value is -1.72. The van der Waals surface area contributed by atoms with E-state index in [9.17, 15) is 12.8 Å². The summed E-state index contributed by atoms with van der Waals surface area (Å²) in [5.41, 5.74) is 1.37. The number of unbranched alkanes of at least 4 members (excludes halogenated alkanes) is 1. The van der Waals surface area contributed by atoms with Gasteiger partial charge in [-0.2, -0.15) is 0 Å². The quantitative estimate of drug-likeness (QED) is 0.200. The Labute approximate surface area is 189 Å². The summed E-state index contributed by atoms with van der Waals surface area (Å²) in [5, 5.41) is 6.38. The lowest BCUT2D eigenvalue weighted by atomic mass is 10.2. The van der Waals surface area contributed by atoms with Crippen molar-refractivity contribution in [3.05, 3.63) is 65.5 Å². The fourth-order valence-corrected chi connectivity index (χ4v) is 3.61. The van der Waals surface area contributed by atoms with Crippen molar-refractivity contribution >= 4 is 40.0 Å². The first-order valence-electron chi connectivity index (χ1n) is 9.22. The molecule has 0 aliphatic rings. The summed E-state index contributed by atoms with van der Waals surface area (Å²) in [4.78, 5) is 4.31. The summed E-state index contributed by atoms with van der Waals surface area (Å²) in [5.74, 6) is 0.275. The van der Waals surface area contributed by atoms with Crippen LogP contribution in [0.2, 0.25) is 0 Å². The van der Waals surface area contributed by atoms with E-state index in [-0.39, 0.29) is 35.4 Å². The van der Waals surface area contributed by atoms with Crippen LogP contribution in [0.15, 0.2) is 58.4 Å². The van der Waals surface area contributed by atoms with Gasteiger partial charge in [-0.15, -0.1) is 24.0 Å². The van der Waals surface area contributed by atoms with E-state index in [0.717, 1.165) is 24.9 Å². The Morgan fingerprint density at radius 1 is 1.03 bits per heavy atom. The van der Waals surface area contributed by atoms with Crippen LogP contribution in [0.4, 0.5) is 4.39 Å². The van der Waals surface area contributed by atoms with Gasteiger partial charge in [0.1, 0.15) is 5.82 Å². The zero-order valence-electron chi connectivity index (χ0n) is 16.6. The standard InChI is InChI=1S/C20H27FN4O2S.HI/c1-3-4-11-23-20(22-2)24-14-17-8-6-10-19(13-17)28(26,27)25-15-16-7-5-9-18(21)12-16;/h5-10,12-13,25H,3-4,11,14-15H2,1-2H3,(H2,22,23,24);1H. The average Bonchev–Trinajstić information content (AvgIpc) is 2.69. The van der Waals surface area contributed by atoms with Crippen molar-refractivity contribution in [2.75, 3.05) is 13.6 Å². The number of aliphatic imine (C=N–C) groups is 1. The number of nitrogens with zero attached hydrogens (tertiary/aromatic N) is 1. The SMILES string of the molecule is CCCCNC(=NC)NCc1cccc(S(=O)(=O)NCc2cccc(F)c2)c1.I. The van der Waals surface area contributed by atoms with Gasteiger partial charge in [-0.25, -0.2) is 17.5 Å². The van der Waals surface area contributed by atoms with E-state index in [4.69, 9.17) is 0 Å². The molecule has 0 spiro atoms. The normalized spacial score (nSPS) is 11.6. The van der Waals surface area contributed by atoms with Crippen LogP contribution < -0.4 is 15.4 Å². The molecule has 2 aromatic carbocycles. The molecule has 0 aromatic heterocycles. The highest BCUT2D eigenvalue weighted by atomic mass is 127. The molecule has 0 fully saturated rings. The summed E-state index contributed by atoms with van der Waals surface area (Å²) in [6, 6.07) is 12.5. The predicted molar refractivity (Wildman–Crippen MR) is 125 cm³/mol. The van der Waals surface area contributed by atoms with Crippen molar-refractivity contribution in [2.45, 2.75) is 37.8 Å². The zero-order valence-corrected chi connectivity index (χ0v) is 19.8. The van der Waals surface area contributed by atoms with Gasteiger partial charge in [-0.05, 0) is 41.8 Å². The van der Waals surface area contributed by atoms with Crippen LogP contribution in [0.3, 0.4) is 0 Å². The number of guanidine groups is 1. The second-order valence-electron chi connectivity index (χ2n) is 6.31. The summed E-state index contributed by atoms with van der Waals surface area (Å²) in [7, 11) is -2.01. The number of sulfonamides is 1. The lowest BCUT2D eigenvalue weighted by Crippen LogP contribution is -2.37. The molecule has 2 aromatic rings. The molecule has 0 radical (unpaired) electrons. The third kappa shape index (κ3) is 8.67. The van der Waals surface area contributed by atoms with E-state index in [1.807, 2.05) is 6.07 Å². The Balaban J connectivity index is 0.00000420. The molecule has 0 saturated carbocycles. The third-order valence-electron chi connectivity index (χ3n) is 4.07. The lowest BCUT2D eigenvalue weighted by molar-refractivity contribution is 0.580. The van der Waals surface area contributed by atoms with Crippen molar-refractivity contribution in [3.8, 4) is 0 Å². The van der Waals surface area contributed by atoms with Crippen LogP contribution >= 0.6 is 24.0 Å². The molecule has 3 N–H and O–H groups in total. The molecule has 160 valence electrons. The molecule has 0 heterocycles. The molecule has 0 unspecified atom stereocenters. The van der Waals surface area contributed by atoms with Gasteiger partial charge >= 0.3 is 0 Å². The molecule has 0 amide bonds. The minimum atomic E-state index is -3.70. The zero-order chi connectivity index (χ0) is 20.4. The fourth-order valence-electron chi connectivity index (χ4n) is 2.52. The first-order chi connectivity index (χ1) is 13.4. The summed E-state index contributed by atoms with van der Waals surface area (Å²) in [6.07, 6.45) is 2.14. The minimum absolute atomic E-state index is 0. The lowest BCUT2D eigenvalue weighted by Gasteiger charge is -2.12. The molecule has 6 nitrogen and oxygen atoms in total. The predicted octanol–water partition coefficient (Wildman–Crippen LogP) is 3.39. The molecular weight excluding hydrogens is 506 g/mol. The first kappa shape index (κ1) is 25.3. The van der Waals surface area contributed by atoms with Crippen molar-refractivity contribution in [3.63, 3.8) is 0 Å². The van der Waals surface area contributed by atoms with E-state index >= 15 is 0 Å². The highest BCUT2D eigenvalue weighted by Crippen LogP contribution is 2.13. The Morgan fingerprint density at radius 3 is 2.38 bits per heavy atom. The van der Waals surface area contributed by atoms with Gasteiger partial charge in [0.2, 0.25) is 10.0 Å². The van der Waals surface area contributed by atoms with E-state index in [1.165, 1.54) is 18.2 Å². The highest BCUT2D eigenvalue weighted by Gasteiger charge is 2.14. The number of rotatable bonds is 9. The van der Waals surface area contributed by atoms with Crippen molar-refractivity contribution in [2.24, 2.45) is 4.99 Å². The van der Waals surface area contributed by atoms with E-state index in [2.05, 4.69) is 27.3 Å². The molecular formula is C20H28FIN4O2S. The Morgan fingerprint density at radius 2 is 1.72 bits per heavy atom. The number of halogens is 2. The van der Waals surface area contributed by atoms with Gasteiger partial charge in [-0.3, -0.25) is 4.99 Å². The minimum Gasteiger partial charge on any atom is -0.356 e. The van der Waals surface area contributed by atoms with Crippen LogP contribution in [-0.4, -0.2) is 28.0 Å². The largest absolute Gasteiger partial charge is 0.356 e. The number of hydrogen-bond donors (Lipinski definition) is 3. The maximum atomic E-state index is 13.2. The van der Waals surface area contributed by atoms with E-state index in [0.29, 0.717) is 18.1 Å². The number of nitrogens with one attached hydrogen (secondary N) is 3. The monoisotopic (exact) mass is 534 g/mol. The van der Waals surface area contributed by atoms with Gasteiger partial charge in [0.05, 0.1) is 4.90 Å². The van der Waals surface area contributed by atoms with Crippen LogP contribution in [0.1, 0.15) is 30.9 Å². The van der Waals surface area contributed by atoms with Crippen LogP contribution in [-0.2, 0) is 23.1 Å². The fraction of sp³-hybridized carbons (Fsp3) is 0.350. The molecule has 0 saturated heterocycles. The highest BCUT2D eigenvalue weighted by molar-refractivity contribution is 14.0. The maximum absolute atomic E-state index is 13.2. The molecule has 0 aliphatic heterocycles. The van der Waals surface area contributed by atoms with Gasteiger partial charge in [0.25, 0.3) is 0 Å². The van der Waals surface area contributed by atoms with Crippen LogP contribution in [0, 0.1) is 5.82 Å². The molecule has 29 heavy (non-hydrogen) atoms. The van der Waals surface area contributed by atoms with Crippen LogP contribution in [0.25, 0.3) is 0 Å². The molecule has 0 bridgehead atoms. The molecule has 0 atom stereocenters. The van der Waals surface area contributed by atoms with Crippen molar-refractivity contribution in [1.29, 1.82) is 0 Å². The summed E-state index contributed by atoms with van der Waals surface area (Å²) >= 11 is 0. The third-order valence-corrected chi connectivity index (χ3v) is 5.47. The van der Waals surface area contributed by atoms with Crippen LogP contribution in [0.5, 0.6) is 0 Å². The second-order valence-corrected chi connectivity index (χ2v) is 8.07. The number of benzene rings is 2. The molecule has 9 heteroatoms. The van der Waals surface area contributed by atoms with Gasteiger partial charge in [0, 0.05) is 26.7 Å². The van der Waals surface area contributed by atoms with Gasteiger partial charge < -0.3 is 10.6 Å². The Bertz CT molecular complexity index is 907. The molecule has 2 rings (SSSR count). The van der Waals surface area contributed by atoms with Gasteiger partial charge in [0.15, 0.2) is 5.96 Å². The maximum Gasteiger partial charge on any atom is 0.240 e. The summed E-state index contributed by atoms with van der Waals surface area (Å²) < 4.78 is 40.8.